The summed E-state index contributed by atoms with van der Waals surface area (Å²) in [4.78, 5) is 11.0. The highest BCUT2D eigenvalue weighted by Crippen LogP contribution is 2.36. The monoisotopic (exact) mass is 297 g/mol. The number of carbonyl (C=O) groups excluding carboxylic acids is 1. The highest BCUT2D eigenvalue weighted by Gasteiger charge is 2.63. The molecule has 0 aliphatic carbocycles. The van der Waals surface area contributed by atoms with Crippen LogP contribution in [0.1, 0.15) is 18.5 Å². The number of nitrogens with one attached hydrogen (secondary N) is 1. The van der Waals surface area contributed by atoms with E-state index in [0.29, 0.717) is 11.3 Å². The van der Waals surface area contributed by atoms with Gasteiger partial charge in [0.25, 0.3) is 0 Å². The van der Waals surface area contributed by atoms with Crippen LogP contribution in [0.3, 0.4) is 0 Å². The van der Waals surface area contributed by atoms with Crippen LogP contribution in [0.4, 0.5) is 22.0 Å². The summed E-state index contributed by atoms with van der Waals surface area (Å²) in [6.45, 7) is 1.30. The Balaban J connectivity index is 2.79. The van der Waals surface area contributed by atoms with Gasteiger partial charge < -0.3 is 10.1 Å². The van der Waals surface area contributed by atoms with Gasteiger partial charge in [-0.25, -0.2) is 0 Å². The van der Waals surface area contributed by atoms with Gasteiger partial charge in [0.2, 0.25) is 0 Å². The summed E-state index contributed by atoms with van der Waals surface area (Å²) < 4.78 is 66.4. The smallest absolute Gasteiger partial charge is 0.463 e. The lowest BCUT2D eigenvalue weighted by Crippen LogP contribution is -2.50. The normalized spacial score (nSPS) is 13.8. The highest BCUT2D eigenvalue weighted by molar-refractivity contribution is 5.84. The maximum absolute atomic E-state index is 12.8. The zero-order chi connectivity index (χ0) is 15.6. The molecule has 8 heteroatoms. The van der Waals surface area contributed by atoms with Gasteiger partial charge in [-0.05, 0) is 24.6 Å². The van der Waals surface area contributed by atoms with E-state index in [0.717, 1.165) is 0 Å². The number of halogens is 5. The third-order valence-corrected chi connectivity index (χ3v) is 2.60. The van der Waals surface area contributed by atoms with Crippen LogP contribution in [-0.2, 0) is 4.79 Å². The first kappa shape index (κ1) is 16.2. The molecule has 0 saturated carbocycles. The van der Waals surface area contributed by atoms with E-state index < -0.39 is 24.0 Å². The first-order chi connectivity index (χ1) is 9.09. The molecule has 0 aliphatic rings. The van der Waals surface area contributed by atoms with Crippen molar-refractivity contribution in [2.75, 3.05) is 7.11 Å². The Morgan fingerprint density at radius 1 is 1.15 bits per heavy atom. The van der Waals surface area contributed by atoms with Crippen LogP contribution in [0.25, 0.3) is 0 Å². The molecule has 0 aromatic heterocycles. The lowest BCUT2D eigenvalue weighted by Gasteiger charge is -2.21. The molecule has 0 radical (unpaired) electrons. The first-order valence-corrected chi connectivity index (χ1v) is 5.49. The van der Waals surface area contributed by atoms with Crippen molar-refractivity contribution >= 4 is 5.91 Å². The summed E-state index contributed by atoms with van der Waals surface area (Å²) >= 11 is 0. The molecule has 0 fully saturated rings. The third kappa shape index (κ3) is 3.37. The topological polar surface area (TPSA) is 38.3 Å². The number of amides is 1. The fourth-order valence-corrected chi connectivity index (χ4v) is 1.39. The molecule has 112 valence electrons. The van der Waals surface area contributed by atoms with Gasteiger partial charge in [0.15, 0.2) is 0 Å². The number of ether oxygens (including phenoxy) is 1. The quantitative estimate of drug-likeness (QED) is 0.867. The molecule has 0 heterocycles. The molecule has 0 unspecified atom stereocenters. The minimum absolute atomic E-state index is 0.372. The van der Waals surface area contributed by atoms with Crippen LogP contribution in [0.5, 0.6) is 5.75 Å². The molecule has 1 atom stereocenters. The van der Waals surface area contributed by atoms with Crippen molar-refractivity contribution in [2.45, 2.75) is 25.1 Å². The van der Waals surface area contributed by atoms with Crippen molar-refractivity contribution < 1.29 is 31.5 Å². The maximum Gasteiger partial charge on any atom is 0.463 e. The molecule has 0 bridgehead atoms. The van der Waals surface area contributed by atoms with Crippen molar-refractivity contribution in [3.05, 3.63) is 29.8 Å². The zero-order valence-corrected chi connectivity index (χ0v) is 10.6. The molecule has 1 aromatic carbocycles. The molecule has 1 aromatic rings. The van der Waals surface area contributed by atoms with Crippen molar-refractivity contribution in [3.63, 3.8) is 0 Å². The Bertz CT molecular complexity index is 470. The number of hydrogen-bond donors (Lipinski definition) is 1. The van der Waals surface area contributed by atoms with Crippen molar-refractivity contribution in [3.8, 4) is 5.75 Å². The predicted molar refractivity (Wildman–Crippen MR) is 60.6 cm³/mol. The van der Waals surface area contributed by atoms with E-state index in [-0.39, 0.29) is 0 Å². The Labute approximate surface area is 111 Å². The summed E-state index contributed by atoms with van der Waals surface area (Å²) in [5.74, 6) is -7.31. The molecule has 0 aliphatic heterocycles. The lowest BCUT2D eigenvalue weighted by atomic mass is 10.1. The van der Waals surface area contributed by atoms with Gasteiger partial charge in [0.1, 0.15) is 5.75 Å². The maximum atomic E-state index is 12.8. The van der Waals surface area contributed by atoms with E-state index >= 15 is 0 Å². The number of alkyl halides is 5. The predicted octanol–water partition coefficient (Wildman–Crippen LogP) is 3.07. The molecule has 1 N–H and O–H groups in total. The van der Waals surface area contributed by atoms with Crippen LogP contribution < -0.4 is 10.1 Å². The number of hydrogen-bond acceptors (Lipinski definition) is 2. The van der Waals surface area contributed by atoms with Crippen LogP contribution >= 0.6 is 0 Å². The van der Waals surface area contributed by atoms with Gasteiger partial charge in [0, 0.05) is 0 Å². The largest absolute Gasteiger partial charge is 0.497 e. The minimum atomic E-state index is -5.92. The minimum Gasteiger partial charge on any atom is -0.497 e. The van der Waals surface area contributed by atoms with E-state index in [2.05, 4.69) is 0 Å². The number of methoxy groups -OCH3 is 1. The van der Waals surface area contributed by atoms with Gasteiger partial charge in [-0.1, -0.05) is 12.1 Å². The van der Waals surface area contributed by atoms with Gasteiger partial charge >= 0.3 is 18.0 Å². The molecule has 1 rings (SSSR count). The molecule has 1 amide bonds. The van der Waals surface area contributed by atoms with E-state index in [1.54, 1.807) is 5.32 Å². The molecular formula is C12H12F5NO2. The third-order valence-electron chi connectivity index (χ3n) is 2.60. The number of rotatable bonds is 4. The number of carbonyl (C=O) groups is 1. The molecule has 20 heavy (non-hydrogen) atoms. The van der Waals surface area contributed by atoms with Gasteiger partial charge in [0.05, 0.1) is 13.2 Å². The Kier molecular flexibility index (Phi) is 4.57. The van der Waals surface area contributed by atoms with Crippen LogP contribution in [0, 0.1) is 0 Å². The van der Waals surface area contributed by atoms with Crippen molar-refractivity contribution in [1.29, 1.82) is 0 Å². The SMILES string of the molecule is COc1ccc([C@@H](C)NC(=O)C(F)(F)C(F)(F)F)cc1. The van der Waals surface area contributed by atoms with Crippen LogP contribution in [0.15, 0.2) is 24.3 Å². The lowest BCUT2D eigenvalue weighted by molar-refractivity contribution is -0.270. The fraction of sp³-hybridized carbons (Fsp3) is 0.417. The fourth-order valence-electron chi connectivity index (χ4n) is 1.39. The van der Waals surface area contributed by atoms with E-state index in [9.17, 15) is 26.7 Å². The second kappa shape index (κ2) is 5.64. The molecule has 0 saturated heterocycles. The second-order valence-electron chi connectivity index (χ2n) is 4.04. The van der Waals surface area contributed by atoms with Crippen LogP contribution in [-0.4, -0.2) is 25.1 Å². The Morgan fingerprint density at radius 3 is 2.05 bits per heavy atom. The molecular weight excluding hydrogens is 285 g/mol. The first-order valence-electron chi connectivity index (χ1n) is 5.49. The average Bonchev–Trinajstić information content (AvgIpc) is 2.37. The van der Waals surface area contributed by atoms with Crippen molar-refractivity contribution in [1.82, 2.24) is 5.32 Å². The van der Waals surface area contributed by atoms with E-state index in [1.165, 1.54) is 38.3 Å². The van der Waals surface area contributed by atoms with E-state index in [1.807, 2.05) is 0 Å². The van der Waals surface area contributed by atoms with Crippen molar-refractivity contribution in [2.24, 2.45) is 0 Å². The second-order valence-corrected chi connectivity index (χ2v) is 4.04. The van der Waals surface area contributed by atoms with Gasteiger partial charge in [-0.3, -0.25) is 4.79 Å². The summed E-state index contributed by atoms with van der Waals surface area (Å²) in [7, 11) is 1.42. The van der Waals surface area contributed by atoms with Gasteiger partial charge in [-0.2, -0.15) is 22.0 Å². The summed E-state index contributed by atoms with van der Waals surface area (Å²) in [5, 5.41) is 1.63. The highest BCUT2D eigenvalue weighted by atomic mass is 19.4. The Morgan fingerprint density at radius 2 is 1.65 bits per heavy atom. The average molecular weight is 297 g/mol. The molecule has 3 nitrogen and oxygen atoms in total. The Hall–Kier alpha value is -1.86. The zero-order valence-electron chi connectivity index (χ0n) is 10.6. The summed E-state index contributed by atoms with van der Waals surface area (Å²) in [5.41, 5.74) is 0.372. The summed E-state index contributed by atoms with van der Waals surface area (Å²) in [6.07, 6.45) is -5.92. The van der Waals surface area contributed by atoms with Gasteiger partial charge in [-0.15, -0.1) is 0 Å². The standard InChI is InChI=1S/C12H12F5NO2/c1-7(8-3-5-9(20-2)6-4-8)18-10(19)11(13,14)12(15,16)17/h3-7H,1-2H3,(H,18,19)/t7-/m1/s1. The summed E-state index contributed by atoms with van der Waals surface area (Å²) in [6, 6.07) is 4.91. The number of benzene rings is 1. The van der Waals surface area contributed by atoms with E-state index in [4.69, 9.17) is 4.74 Å². The van der Waals surface area contributed by atoms with Crippen LogP contribution in [0.2, 0.25) is 0 Å². The molecule has 0 spiro atoms.